The molecule has 4 nitrogen and oxygen atoms in total. The molecule has 2 aliphatic rings. The van der Waals surface area contributed by atoms with Crippen LogP contribution in [0.4, 0.5) is 22.7 Å². The molecule has 0 amide bonds. The maximum Gasteiger partial charge on any atom is 0.0991 e. The van der Waals surface area contributed by atoms with Gasteiger partial charge in [0.1, 0.15) is 0 Å². The molecule has 0 unspecified atom stereocenters. The van der Waals surface area contributed by atoms with Crippen LogP contribution in [0, 0.1) is 22.7 Å². The van der Waals surface area contributed by atoms with Gasteiger partial charge in [0.25, 0.3) is 0 Å². The fraction of sp³-hybridized carbons (Fsp3) is 0.316. The Morgan fingerprint density at radius 3 is 1.17 bits per heavy atom. The molecule has 0 N–H and O–H groups in total. The number of benzene rings is 4. The highest BCUT2D eigenvalue weighted by Crippen LogP contribution is 2.35. The second kappa shape index (κ2) is 14.9. The van der Waals surface area contributed by atoms with Gasteiger partial charge in [0, 0.05) is 34.8 Å². The molecule has 0 heterocycles. The van der Waals surface area contributed by atoms with Crippen LogP contribution < -0.4 is 9.80 Å². The van der Waals surface area contributed by atoms with Crippen molar-refractivity contribution in [2.75, 3.05) is 9.80 Å². The number of hydrogen-bond donors (Lipinski definition) is 0. The summed E-state index contributed by atoms with van der Waals surface area (Å²) >= 11 is 0. The minimum absolute atomic E-state index is 0.667. The average Bonchev–Trinajstić information content (AvgIpc) is 3.08. The predicted molar refractivity (Wildman–Crippen MR) is 173 cm³/mol. The highest BCUT2D eigenvalue weighted by atomic mass is 15.2. The summed E-state index contributed by atoms with van der Waals surface area (Å²) in [5, 5.41) is 17.9. The minimum atomic E-state index is 0.667. The summed E-state index contributed by atoms with van der Waals surface area (Å²) in [6.07, 6.45) is 13.7. The first kappa shape index (κ1) is 29.0. The van der Waals surface area contributed by atoms with Gasteiger partial charge in [0.15, 0.2) is 0 Å². The van der Waals surface area contributed by atoms with Crippen LogP contribution in [0.5, 0.6) is 0 Å². The Morgan fingerprint density at radius 1 is 0.429 bits per heavy atom. The van der Waals surface area contributed by atoms with Gasteiger partial charge in [-0.05, 0) is 98.5 Å². The quantitative estimate of drug-likeness (QED) is 0.239. The molecule has 0 radical (unpaired) electrons. The zero-order chi connectivity index (χ0) is 29.0. The number of hydrogen-bond acceptors (Lipinski definition) is 4. The Labute approximate surface area is 251 Å². The molecule has 42 heavy (non-hydrogen) atoms. The van der Waals surface area contributed by atoms with Crippen molar-refractivity contribution in [1.82, 2.24) is 0 Å². The highest BCUT2D eigenvalue weighted by Gasteiger charge is 2.29. The molecule has 4 heteroatoms. The van der Waals surface area contributed by atoms with Gasteiger partial charge in [-0.25, -0.2) is 0 Å². The van der Waals surface area contributed by atoms with Crippen LogP contribution in [0.1, 0.15) is 75.3 Å². The van der Waals surface area contributed by atoms with E-state index in [1.54, 1.807) is 0 Å². The Kier molecular flexibility index (Phi) is 10.3. The summed E-state index contributed by atoms with van der Waals surface area (Å²) in [7, 11) is 0. The van der Waals surface area contributed by atoms with Crippen molar-refractivity contribution in [3.63, 3.8) is 0 Å². The van der Waals surface area contributed by atoms with E-state index in [0.29, 0.717) is 5.56 Å². The molecule has 6 rings (SSSR count). The average molecular weight is 553 g/mol. The Hall–Kier alpha value is -4.54. The SMILES string of the molecule is N#Cc1ccc(N(C2CCCCC2)C2CCCCC2)cc1.N#Cc1ccc(N(c2ccccc2)c2ccccc2)cc1. The van der Waals surface area contributed by atoms with Gasteiger partial charge in [-0.2, -0.15) is 10.5 Å². The monoisotopic (exact) mass is 552 g/mol. The molecule has 2 aliphatic carbocycles. The van der Waals surface area contributed by atoms with Crippen LogP contribution in [0.15, 0.2) is 109 Å². The Morgan fingerprint density at radius 2 is 0.786 bits per heavy atom. The molecule has 0 saturated heterocycles. The van der Waals surface area contributed by atoms with Crippen LogP contribution in [0.3, 0.4) is 0 Å². The van der Waals surface area contributed by atoms with Crippen molar-refractivity contribution in [3.8, 4) is 12.1 Å². The summed E-state index contributed by atoms with van der Waals surface area (Å²) in [4.78, 5) is 4.89. The van der Waals surface area contributed by atoms with Gasteiger partial charge in [-0.3, -0.25) is 0 Å². The summed E-state index contributed by atoms with van der Waals surface area (Å²) in [6, 6.07) is 42.1. The second-order valence-electron chi connectivity index (χ2n) is 11.3. The first-order chi connectivity index (χ1) is 20.8. The normalized spacial score (nSPS) is 15.4. The lowest BCUT2D eigenvalue weighted by molar-refractivity contribution is 0.340. The van der Waals surface area contributed by atoms with E-state index in [-0.39, 0.29) is 0 Å². The molecule has 4 aromatic carbocycles. The molecule has 2 saturated carbocycles. The van der Waals surface area contributed by atoms with E-state index in [4.69, 9.17) is 10.5 Å². The van der Waals surface area contributed by atoms with Crippen LogP contribution in [0.2, 0.25) is 0 Å². The van der Waals surface area contributed by atoms with Crippen molar-refractivity contribution < 1.29 is 0 Å². The number of para-hydroxylation sites is 2. The second-order valence-corrected chi connectivity index (χ2v) is 11.3. The standard InChI is InChI=1S/C19H26N2.C19H14N2/c2*20-15-16-11-13-19(14-12-16)21(17-7-3-1-4-8-17)18-9-5-2-6-10-18/h11-14,17-18H,1-10H2;1-14H. The molecule has 212 valence electrons. The van der Waals surface area contributed by atoms with Crippen molar-refractivity contribution in [2.45, 2.75) is 76.3 Å². The number of nitrogens with zero attached hydrogens (tertiary/aromatic N) is 4. The van der Waals surface area contributed by atoms with E-state index < -0.39 is 0 Å². The van der Waals surface area contributed by atoms with E-state index in [1.807, 2.05) is 72.8 Å². The van der Waals surface area contributed by atoms with Gasteiger partial charge in [0.2, 0.25) is 0 Å². The van der Waals surface area contributed by atoms with Crippen LogP contribution >= 0.6 is 0 Å². The predicted octanol–water partition coefficient (Wildman–Crippen LogP) is 10.1. The molecule has 2 fully saturated rings. The molecule has 0 bridgehead atoms. The van der Waals surface area contributed by atoms with Gasteiger partial charge >= 0.3 is 0 Å². The van der Waals surface area contributed by atoms with E-state index in [9.17, 15) is 0 Å². The first-order valence-corrected chi connectivity index (χ1v) is 15.5. The molecule has 4 aromatic rings. The third kappa shape index (κ3) is 7.39. The van der Waals surface area contributed by atoms with E-state index in [1.165, 1.54) is 69.9 Å². The van der Waals surface area contributed by atoms with Gasteiger partial charge in [0.05, 0.1) is 23.3 Å². The van der Waals surface area contributed by atoms with Gasteiger partial charge in [-0.15, -0.1) is 0 Å². The lowest BCUT2D eigenvalue weighted by Crippen LogP contribution is -2.45. The number of anilines is 4. The zero-order valence-electron chi connectivity index (χ0n) is 24.4. The summed E-state index contributed by atoms with van der Waals surface area (Å²) in [5.74, 6) is 0. The van der Waals surface area contributed by atoms with Crippen LogP contribution in [-0.2, 0) is 0 Å². The molecular weight excluding hydrogens is 512 g/mol. The molecule has 0 aliphatic heterocycles. The zero-order valence-corrected chi connectivity index (χ0v) is 24.4. The first-order valence-electron chi connectivity index (χ1n) is 15.5. The van der Waals surface area contributed by atoms with Crippen molar-refractivity contribution >= 4 is 22.7 Å². The lowest BCUT2D eigenvalue weighted by atomic mass is 9.88. The summed E-state index contributed by atoms with van der Waals surface area (Å²) in [6.45, 7) is 0. The molecule has 0 aromatic heterocycles. The molecule has 0 atom stereocenters. The van der Waals surface area contributed by atoms with Crippen molar-refractivity contribution in [2.24, 2.45) is 0 Å². The highest BCUT2D eigenvalue weighted by molar-refractivity contribution is 5.76. The molecule has 0 spiro atoms. The number of rotatable bonds is 6. The summed E-state index contributed by atoms with van der Waals surface area (Å²) < 4.78 is 0. The molecular formula is C38H40N4. The third-order valence-corrected chi connectivity index (χ3v) is 8.51. The fourth-order valence-corrected chi connectivity index (χ4v) is 6.43. The van der Waals surface area contributed by atoms with E-state index in [0.717, 1.165) is 34.7 Å². The largest absolute Gasteiger partial charge is 0.366 e. The fourth-order valence-electron chi connectivity index (χ4n) is 6.43. The van der Waals surface area contributed by atoms with E-state index in [2.05, 4.69) is 58.3 Å². The van der Waals surface area contributed by atoms with Crippen LogP contribution in [0.25, 0.3) is 0 Å². The number of nitriles is 2. The maximum atomic E-state index is 9.00. The smallest absolute Gasteiger partial charge is 0.0991 e. The Balaban J connectivity index is 0.000000168. The van der Waals surface area contributed by atoms with Crippen molar-refractivity contribution in [3.05, 3.63) is 120 Å². The summed E-state index contributed by atoms with van der Waals surface area (Å²) in [5.41, 5.74) is 5.99. The maximum absolute atomic E-state index is 9.00. The van der Waals surface area contributed by atoms with E-state index >= 15 is 0 Å². The van der Waals surface area contributed by atoms with Crippen molar-refractivity contribution in [1.29, 1.82) is 10.5 Å². The minimum Gasteiger partial charge on any atom is -0.366 e. The van der Waals surface area contributed by atoms with Crippen LogP contribution in [-0.4, -0.2) is 12.1 Å². The lowest BCUT2D eigenvalue weighted by Gasteiger charge is -2.43. The Bertz CT molecular complexity index is 1380. The van der Waals surface area contributed by atoms with Gasteiger partial charge in [-0.1, -0.05) is 74.9 Å². The third-order valence-electron chi connectivity index (χ3n) is 8.51. The van der Waals surface area contributed by atoms with Gasteiger partial charge < -0.3 is 9.80 Å². The topological polar surface area (TPSA) is 54.1 Å².